The summed E-state index contributed by atoms with van der Waals surface area (Å²) >= 11 is 0. The van der Waals surface area contributed by atoms with Gasteiger partial charge in [0.05, 0.1) is 0 Å². The fourth-order valence-electron chi connectivity index (χ4n) is 3.36. The van der Waals surface area contributed by atoms with Crippen molar-refractivity contribution in [3.8, 4) is 0 Å². The molecule has 1 spiro atoms. The summed E-state index contributed by atoms with van der Waals surface area (Å²) < 4.78 is 0. The Bertz CT molecular complexity index is 563. The van der Waals surface area contributed by atoms with Gasteiger partial charge in [-0.2, -0.15) is 0 Å². The van der Waals surface area contributed by atoms with Crippen LogP contribution in [-0.2, 0) is 0 Å². The first-order valence-electron chi connectivity index (χ1n) is 7.84. The lowest BCUT2D eigenvalue weighted by molar-refractivity contribution is 0.0934. The molecule has 5 heteroatoms. The Morgan fingerprint density at radius 3 is 2.41 bits per heavy atom. The van der Waals surface area contributed by atoms with Crippen LogP contribution in [0, 0.1) is 5.41 Å². The molecular weight excluding hydrogens is 278 g/mol. The maximum Gasteiger partial charge on any atom is 0.319 e. The average Bonchev–Trinajstić information content (AvgIpc) is 3.19. The van der Waals surface area contributed by atoms with Gasteiger partial charge in [0.25, 0.3) is 5.91 Å². The van der Waals surface area contributed by atoms with Crippen LogP contribution < -0.4 is 5.32 Å². The molecule has 1 aromatic carbocycles. The van der Waals surface area contributed by atoms with E-state index in [1.807, 2.05) is 35.2 Å². The Kier molecular flexibility index (Phi) is 3.81. The number of amides is 3. The van der Waals surface area contributed by atoms with E-state index < -0.39 is 0 Å². The number of hydrogen-bond acceptors (Lipinski definition) is 2. The lowest BCUT2D eigenvalue weighted by atomic mass is 9.92. The number of rotatable bonds is 2. The van der Waals surface area contributed by atoms with Crippen LogP contribution in [0.5, 0.6) is 0 Å². The van der Waals surface area contributed by atoms with Gasteiger partial charge < -0.3 is 15.1 Å². The molecule has 2 aliphatic rings. The first-order chi connectivity index (χ1) is 10.5. The Morgan fingerprint density at radius 2 is 1.82 bits per heavy atom. The van der Waals surface area contributed by atoms with E-state index in [0.717, 1.165) is 32.4 Å². The molecule has 0 bridgehead atoms. The predicted octanol–water partition coefficient (Wildman–Crippen LogP) is 1.95. The molecule has 1 N–H and O–H groups in total. The van der Waals surface area contributed by atoms with Crippen LogP contribution in [0.1, 0.15) is 29.6 Å². The number of piperidine rings is 1. The molecule has 2 fully saturated rings. The molecule has 5 nitrogen and oxygen atoms in total. The van der Waals surface area contributed by atoms with Gasteiger partial charge in [-0.1, -0.05) is 18.2 Å². The molecule has 1 aliphatic heterocycles. The summed E-state index contributed by atoms with van der Waals surface area (Å²) in [5.41, 5.74) is 0.929. The first kappa shape index (κ1) is 14.9. The lowest BCUT2D eigenvalue weighted by Crippen LogP contribution is -2.45. The van der Waals surface area contributed by atoms with Gasteiger partial charge in [0.1, 0.15) is 0 Å². The van der Waals surface area contributed by atoms with Crippen LogP contribution >= 0.6 is 0 Å². The topological polar surface area (TPSA) is 52.7 Å². The fourth-order valence-corrected chi connectivity index (χ4v) is 3.36. The largest absolute Gasteiger partial charge is 0.349 e. The normalized spacial score (nSPS) is 22.3. The summed E-state index contributed by atoms with van der Waals surface area (Å²) in [6, 6.07) is 9.68. The second-order valence-corrected chi connectivity index (χ2v) is 6.62. The highest BCUT2D eigenvalue weighted by Gasteiger charge is 2.56. The summed E-state index contributed by atoms with van der Waals surface area (Å²) in [6.07, 6.45) is 2.99. The minimum absolute atomic E-state index is 0.00859. The number of carbonyl (C=O) groups is 2. The van der Waals surface area contributed by atoms with Crippen LogP contribution in [0.15, 0.2) is 30.3 Å². The zero-order chi connectivity index (χ0) is 15.7. The molecule has 0 radical (unpaired) electrons. The summed E-state index contributed by atoms with van der Waals surface area (Å²) in [5, 5.41) is 3.14. The molecule has 1 aromatic rings. The second-order valence-electron chi connectivity index (χ2n) is 6.62. The van der Waals surface area contributed by atoms with Crippen molar-refractivity contribution < 1.29 is 9.59 Å². The van der Waals surface area contributed by atoms with Crippen LogP contribution in [0.4, 0.5) is 4.79 Å². The molecule has 22 heavy (non-hydrogen) atoms. The average molecular weight is 301 g/mol. The third-order valence-electron chi connectivity index (χ3n) is 4.94. The zero-order valence-corrected chi connectivity index (χ0v) is 13.2. The van der Waals surface area contributed by atoms with Gasteiger partial charge in [-0.3, -0.25) is 4.79 Å². The lowest BCUT2D eigenvalue weighted by Gasteiger charge is -2.34. The van der Waals surface area contributed by atoms with Crippen molar-refractivity contribution in [3.05, 3.63) is 35.9 Å². The Labute approximate surface area is 131 Å². The number of hydrogen-bond donors (Lipinski definition) is 1. The van der Waals surface area contributed by atoms with Gasteiger partial charge in [0, 0.05) is 38.8 Å². The number of likely N-dealkylation sites (tertiary alicyclic amines) is 1. The first-order valence-corrected chi connectivity index (χ1v) is 7.84. The standard InChI is InChI=1S/C17H23N3O2/c1-19(2)16(22)20-10-8-17(9-11-20)12-14(17)18-15(21)13-6-4-3-5-7-13/h3-7,14H,8-12H2,1-2H3,(H,18,21). The van der Waals surface area contributed by atoms with E-state index in [1.165, 1.54) is 0 Å². The van der Waals surface area contributed by atoms with Crippen LogP contribution in [0.25, 0.3) is 0 Å². The number of nitrogens with one attached hydrogen (secondary N) is 1. The number of urea groups is 1. The van der Waals surface area contributed by atoms with Gasteiger partial charge in [0.2, 0.25) is 0 Å². The maximum absolute atomic E-state index is 12.2. The summed E-state index contributed by atoms with van der Waals surface area (Å²) in [4.78, 5) is 27.7. The molecule has 1 aliphatic carbocycles. The highest BCUT2D eigenvalue weighted by molar-refractivity contribution is 5.94. The van der Waals surface area contributed by atoms with Gasteiger partial charge in [-0.25, -0.2) is 4.79 Å². The summed E-state index contributed by atoms with van der Waals surface area (Å²) in [7, 11) is 3.57. The number of nitrogens with zero attached hydrogens (tertiary/aromatic N) is 2. The van der Waals surface area contributed by atoms with Crippen molar-refractivity contribution in [2.24, 2.45) is 5.41 Å². The van der Waals surface area contributed by atoms with Crippen LogP contribution in [0.2, 0.25) is 0 Å². The van der Waals surface area contributed by atoms with E-state index in [1.54, 1.807) is 19.0 Å². The molecule has 1 saturated heterocycles. The quantitative estimate of drug-likeness (QED) is 0.908. The van der Waals surface area contributed by atoms with E-state index in [0.29, 0.717) is 5.56 Å². The molecule has 1 saturated carbocycles. The maximum atomic E-state index is 12.2. The molecule has 3 rings (SSSR count). The van der Waals surface area contributed by atoms with Crippen molar-refractivity contribution in [3.63, 3.8) is 0 Å². The second kappa shape index (κ2) is 5.63. The van der Waals surface area contributed by atoms with E-state index in [-0.39, 0.29) is 23.4 Å². The SMILES string of the molecule is CN(C)C(=O)N1CCC2(CC1)CC2NC(=O)c1ccccc1. The van der Waals surface area contributed by atoms with Crippen molar-refractivity contribution in [2.45, 2.75) is 25.3 Å². The van der Waals surface area contributed by atoms with E-state index >= 15 is 0 Å². The highest BCUT2D eigenvalue weighted by Crippen LogP contribution is 2.54. The minimum atomic E-state index is 0.00859. The molecule has 0 aromatic heterocycles. The summed E-state index contributed by atoms with van der Waals surface area (Å²) in [5.74, 6) is 0.00859. The third-order valence-corrected chi connectivity index (χ3v) is 4.94. The van der Waals surface area contributed by atoms with E-state index in [9.17, 15) is 9.59 Å². The van der Waals surface area contributed by atoms with Gasteiger partial charge in [0.15, 0.2) is 0 Å². The fraction of sp³-hybridized carbons (Fsp3) is 0.529. The van der Waals surface area contributed by atoms with Crippen LogP contribution in [-0.4, -0.2) is 55.0 Å². The van der Waals surface area contributed by atoms with Crippen molar-refractivity contribution >= 4 is 11.9 Å². The molecule has 118 valence electrons. The monoisotopic (exact) mass is 301 g/mol. The molecular formula is C17H23N3O2. The molecule has 1 atom stereocenters. The molecule has 1 unspecified atom stereocenters. The Hall–Kier alpha value is -2.04. The predicted molar refractivity (Wildman–Crippen MR) is 84.6 cm³/mol. The van der Waals surface area contributed by atoms with Gasteiger partial charge >= 0.3 is 6.03 Å². The third kappa shape index (κ3) is 2.80. The smallest absolute Gasteiger partial charge is 0.319 e. The Balaban J connectivity index is 1.53. The number of carbonyl (C=O) groups excluding carboxylic acids is 2. The van der Waals surface area contributed by atoms with Crippen molar-refractivity contribution in [1.29, 1.82) is 0 Å². The minimum Gasteiger partial charge on any atom is -0.349 e. The zero-order valence-electron chi connectivity index (χ0n) is 13.2. The van der Waals surface area contributed by atoms with Gasteiger partial charge in [-0.05, 0) is 36.8 Å². The van der Waals surface area contributed by atoms with E-state index in [4.69, 9.17) is 0 Å². The van der Waals surface area contributed by atoms with Crippen molar-refractivity contribution in [2.75, 3.05) is 27.2 Å². The van der Waals surface area contributed by atoms with E-state index in [2.05, 4.69) is 5.32 Å². The molecule has 3 amide bonds. The number of benzene rings is 1. The summed E-state index contributed by atoms with van der Waals surface area (Å²) in [6.45, 7) is 1.57. The highest BCUT2D eigenvalue weighted by atomic mass is 16.2. The van der Waals surface area contributed by atoms with Crippen LogP contribution in [0.3, 0.4) is 0 Å². The van der Waals surface area contributed by atoms with Gasteiger partial charge in [-0.15, -0.1) is 0 Å². The van der Waals surface area contributed by atoms with Crippen molar-refractivity contribution in [1.82, 2.24) is 15.1 Å². The molecule has 1 heterocycles. The Morgan fingerprint density at radius 1 is 1.18 bits per heavy atom.